The van der Waals surface area contributed by atoms with Crippen molar-refractivity contribution in [3.05, 3.63) is 23.0 Å². The van der Waals surface area contributed by atoms with E-state index in [1.165, 1.54) is 0 Å². The van der Waals surface area contributed by atoms with E-state index < -0.39 is 0 Å². The first kappa shape index (κ1) is 15.6. The second-order valence-electron chi connectivity index (χ2n) is 4.94. The predicted octanol–water partition coefficient (Wildman–Crippen LogP) is 1.59. The number of carbonyl (C=O) groups excluding carboxylic acids is 1. The van der Waals surface area contributed by atoms with Crippen LogP contribution in [0.2, 0.25) is 0 Å². The lowest BCUT2D eigenvalue weighted by molar-refractivity contribution is 0.0946. The van der Waals surface area contributed by atoms with Gasteiger partial charge in [0.2, 0.25) is 0 Å². The number of carbonyl (C=O) groups is 1. The standard InChI is InChI=1S/C14H24N4O/c1-5-11(6-2)13(15)8-16-14(19)12-7-9(3)17-18-10(12)4/h7,11,13H,5-6,8,15H2,1-4H3,(H,16,19). The van der Waals surface area contributed by atoms with Gasteiger partial charge < -0.3 is 11.1 Å². The van der Waals surface area contributed by atoms with Crippen molar-refractivity contribution in [2.45, 2.75) is 46.6 Å². The molecule has 0 aliphatic carbocycles. The highest BCUT2D eigenvalue weighted by atomic mass is 16.1. The first-order chi connectivity index (χ1) is 8.99. The molecule has 1 heterocycles. The molecule has 5 heteroatoms. The van der Waals surface area contributed by atoms with Gasteiger partial charge in [0, 0.05) is 12.6 Å². The monoisotopic (exact) mass is 264 g/mol. The summed E-state index contributed by atoms with van der Waals surface area (Å²) in [5.41, 5.74) is 8.04. The summed E-state index contributed by atoms with van der Waals surface area (Å²) in [5.74, 6) is 0.315. The largest absolute Gasteiger partial charge is 0.350 e. The Labute approximate surface area is 115 Å². The second kappa shape index (κ2) is 7.19. The summed E-state index contributed by atoms with van der Waals surface area (Å²) in [6.45, 7) is 8.33. The van der Waals surface area contributed by atoms with Crippen LogP contribution in [-0.4, -0.2) is 28.7 Å². The number of nitrogens with two attached hydrogens (primary N) is 1. The Morgan fingerprint density at radius 2 is 1.95 bits per heavy atom. The van der Waals surface area contributed by atoms with E-state index in [1.807, 2.05) is 6.92 Å². The van der Waals surface area contributed by atoms with Crippen LogP contribution in [0.4, 0.5) is 0 Å². The summed E-state index contributed by atoms with van der Waals surface area (Å²) in [6, 6.07) is 1.75. The molecule has 1 rings (SSSR count). The minimum Gasteiger partial charge on any atom is -0.350 e. The first-order valence-corrected chi connectivity index (χ1v) is 6.84. The van der Waals surface area contributed by atoms with Gasteiger partial charge in [0.15, 0.2) is 0 Å². The molecular weight excluding hydrogens is 240 g/mol. The number of rotatable bonds is 6. The molecule has 0 radical (unpaired) electrons. The quantitative estimate of drug-likeness (QED) is 0.817. The molecule has 19 heavy (non-hydrogen) atoms. The Morgan fingerprint density at radius 1 is 1.32 bits per heavy atom. The molecule has 106 valence electrons. The molecule has 0 aliphatic heterocycles. The van der Waals surface area contributed by atoms with Crippen LogP contribution in [0.25, 0.3) is 0 Å². The lowest BCUT2D eigenvalue weighted by Gasteiger charge is -2.21. The Bertz CT molecular complexity index is 429. The van der Waals surface area contributed by atoms with Gasteiger partial charge in [0.05, 0.1) is 17.0 Å². The van der Waals surface area contributed by atoms with Crippen LogP contribution in [0.3, 0.4) is 0 Å². The molecule has 1 atom stereocenters. The Balaban J connectivity index is 2.63. The molecule has 1 unspecified atom stereocenters. The summed E-state index contributed by atoms with van der Waals surface area (Å²) in [5, 5.41) is 10.8. The van der Waals surface area contributed by atoms with Gasteiger partial charge in [-0.15, -0.1) is 0 Å². The van der Waals surface area contributed by atoms with Gasteiger partial charge in [-0.25, -0.2) is 0 Å². The van der Waals surface area contributed by atoms with Crippen molar-refractivity contribution < 1.29 is 4.79 Å². The van der Waals surface area contributed by atoms with Gasteiger partial charge in [-0.2, -0.15) is 10.2 Å². The highest BCUT2D eigenvalue weighted by molar-refractivity contribution is 5.95. The van der Waals surface area contributed by atoms with Crippen molar-refractivity contribution >= 4 is 5.91 Å². The average Bonchev–Trinajstić information content (AvgIpc) is 2.40. The minimum absolute atomic E-state index is 0.00449. The van der Waals surface area contributed by atoms with E-state index >= 15 is 0 Å². The number of aryl methyl sites for hydroxylation is 2. The zero-order valence-electron chi connectivity index (χ0n) is 12.2. The second-order valence-corrected chi connectivity index (χ2v) is 4.94. The molecule has 1 aromatic heterocycles. The lowest BCUT2D eigenvalue weighted by Crippen LogP contribution is -2.42. The van der Waals surface area contributed by atoms with Crippen LogP contribution in [0.1, 0.15) is 48.4 Å². The molecule has 3 N–H and O–H groups in total. The average molecular weight is 264 g/mol. The molecule has 0 aliphatic rings. The topological polar surface area (TPSA) is 80.9 Å². The fourth-order valence-electron chi connectivity index (χ4n) is 2.15. The zero-order valence-corrected chi connectivity index (χ0v) is 12.2. The van der Waals surface area contributed by atoms with Gasteiger partial charge in [0.1, 0.15) is 0 Å². The van der Waals surface area contributed by atoms with E-state index in [2.05, 4.69) is 29.4 Å². The third-order valence-corrected chi connectivity index (χ3v) is 3.50. The summed E-state index contributed by atoms with van der Waals surface area (Å²) < 4.78 is 0. The molecule has 0 bridgehead atoms. The molecule has 1 amide bonds. The lowest BCUT2D eigenvalue weighted by atomic mass is 9.95. The number of nitrogens with zero attached hydrogens (tertiary/aromatic N) is 2. The minimum atomic E-state index is -0.128. The number of hydrogen-bond acceptors (Lipinski definition) is 4. The Hall–Kier alpha value is -1.49. The summed E-state index contributed by atoms with van der Waals surface area (Å²) >= 11 is 0. The number of amides is 1. The van der Waals surface area contributed by atoms with Crippen molar-refractivity contribution in [1.29, 1.82) is 0 Å². The number of aromatic nitrogens is 2. The van der Waals surface area contributed by atoms with Gasteiger partial charge in [-0.1, -0.05) is 26.7 Å². The van der Waals surface area contributed by atoms with E-state index in [-0.39, 0.29) is 11.9 Å². The van der Waals surface area contributed by atoms with E-state index in [1.54, 1.807) is 13.0 Å². The normalized spacial score (nSPS) is 12.5. The highest BCUT2D eigenvalue weighted by Gasteiger charge is 2.16. The van der Waals surface area contributed by atoms with Gasteiger partial charge in [0.25, 0.3) is 5.91 Å². The van der Waals surface area contributed by atoms with Gasteiger partial charge >= 0.3 is 0 Å². The highest BCUT2D eigenvalue weighted by Crippen LogP contribution is 2.11. The maximum atomic E-state index is 12.1. The molecule has 5 nitrogen and oxygen atoms in total. The van der Waals surface area contributed by atoms with Gasteiger partial charge in [-0.3, -0.25) is 4.79 Å². The van der Waals surface area contributed by atoms with Crippen LogP contribution >= 0.6 is 0 Å². The molecule has 0 spiro atoms. The van der Waals surface area contributed by atoms with Crippen LogP contribution in [0.15, 0.2) is 6.07 Å². The number of nitrogens with one attached hydrogen (secondary N) is 1. The van der Waals surface area contributed by atoms with E-state index in [0.29, 0.717) is 23.7 Å². The van der Waals surface area contributed by atoms with Crippen LogP contribution in [0.5, 0.6) is 0 Å². The Morgan fingerprint density at radius 3 is 2.53 bits per heavy atom. The van der Waals surface area contributed by atoms with Crippen molar-refractivity contribution in [3.63, 3.8) is 0 Å². The third-order valence-electron chi connectivity index (χ3n) is 3.50. The first-order valence-electron chi connectivity index (χ1n) is 6.84. The van der Waals surface area contributed by atoms with Crippen LogP contribution < -0.4 is 11.1 Å². The van der Waals surface area contributed by atoms with Crippen LogP contribution in [-0.2, 0) is 0 Å². The fraction of sp³-hybridized carbons (Fsp3) is 0.643. The number of hydrogen-bond donors (Lipinski definition) is 2. The van der Waals surface area contributed by atoms with E-state index in [9.17, 15) is 4.79 Å². The maximum Gasteiger partial charge on any atom is 0.253 e. The van der Waals surface area contributed by atoms with Crippen molar-refractivity contribution in [2.75, 3.05) is 6.54 Å². The van der Waals surface area contributed by atoms with Crippen LogP contribution in [0, 0.1) is 19.8 Å². The van der Waals surface area contributed by atoms with Gasteiger partial charge in [-0.05, 0) is 25.8 Å². The predicted molar refractivity (Wildman–Crippen MR) is 75.9 cm³/mol. The third kappa shape index (κ3) is 4.28. The van der Waals surface area contributed by atoms with Crippen molar-refractivity contribution in [2.24, 2.45) is 11.7 Å². The molecular formula is C14H24N4O. The van der Waals surface area contributed by atoms with E-state index in [4.69, 9.17) is 5.73 Å². The molecule has 0 aromatic carbocycles. The summed E-state index contributed by atoms with van der Waals surface area (Å²) in [6.07, 6.45) is 2.06. The molecule has 0 saturated heterocycles. The fourth-order valence-corrected chi connectivity index (χ4v) is 2.15. The van der Waals surface area contributed by atoms with E-state index in [0.717, 1.165) is 18.5 Å². The maximum absolute atomic E-state index is 12.1. The van der Waals surface area contributed by atoms with Crippen molar-refractivity contribution in [1.82, 2.24) is 15.5 Å². The SMILES string of the molecule is CCC(CC)C(N)CNC(=O)c1cc(C)nnc1C. The molecule has 0 saturated carbocycles. The summed E-state index contributed by atoms with van der Waals surface area (Å²) in [4.78, 5) is 12.1. The Kier molecular flexibility index (Phi) is 5.89. The molecule has 0 fully saturated rings. The molecule has 1 aromatic rings. The summed E-state index contributed by atoms with van der Waals surface area (Å²) in [7, 11) is 0. The zero-order chi connectivity index (χ0) is 14.4. The smallest absolute Gasteiger partial charge is 0.253 e. The van der Waals surface area contributed by atoms with Crippen molar-refractivity contribution in [3.8, 4) is 0 Å².